The van der Waals surface area contributed by atoms with Gasteiger partial charge >= 0.3 is 0 Å². The third kappa shape index (κ3) is 11.1. The lowest BCUT2D eigenvalue weighted by Gasteiger charge is -2.16. The van der Waals surface area contributed by atoms with E-state index in [2.05, 4.69) is 25.9 Å². The predicted octanol–water partition coefficient (Wildman–Crippen LogP) is 8.23. The first-order valence-electron chi connectivity index (χ1n) is 11.7. The summed E-state index contributed by atoms with van der Waals surface area (Å²) in [6, 6.07) is 3.72. The van der Waals surface area contributed by atoms with E-state index < -0.39 is 0 Å². The Bertz CT molecular complexity index is 514. The van der Waals surface area contributed by atoms with Crippen LogP contribution in [-0.2, 0) is 0 Å². The van der Waals surface area contributed by atoms with Gasteiger partial charge in [-0.15, -0.1) is 0 Å². The monoisotopic (exact) mass is 406 g/mol. The number of nitrogens with zero attached hydrogens (tertiary/aromatic N) is 1. The number of hydrogen-bond acceptors (Lipinski definition) is 5. The van der Waals surface area contributed by atoms with Crippen LogP contribution >= 0.6 is 0 Å². The van der Waals surface area contributed by atoms with Gasteiger partial charge in [-0.2, -0.15) is 5.11 Å². The van der Waals surface area contributed by atoms with Gasteiger partial charge in [0.25, 0.3) is 0 Å². The first kappa shape index (κ1) is 25.3. The van der Waals surface area contributed by atoms with Crippen LogP contribution in [0.15, 0.2) is 17.2 Å². The molecule has 5 heteroatoms. The number of ether oxygens (including phenoxy) is 3. The van der Waals surface area contributed by atoms with Crippen LogP contribution in [0.3, 0.4) is 0 Å². The van der Waals surface area contributed by atoms with Crippen LogP contribution in [0.5, 0.6) is 17.2 Å². The molecule has 166 valence electrons. The summed E-state index contributed by atoms with van der Waals surface area (Å²) in [7, 11) is 0. The van der Waals surface area contributed by atoms with Crippen LogP contribution in [0, 0.1) is 5.53 Å². The third-order valence-corrected chi connectivity index (χ3v) is 4.90. The van der Waals surface area contributed by atoms with E-state index in [0.717, 1.165) is 37.9 Å². The fourth-order valence-electron chi connectivity index (χ4n) is 3.11. The Kier molecular flexibility index (Phi) is 14.9. The first-order valence-corrected chi connectivity index (χ1v) is 11.7. The van der Waals surface area contributed by atoms with Gasteiger partial charge in [-0.1, -0.05) is 78.6 Å². The molecular formula is C24H42N2O3. The second-order valence-corrected chi connectivity index (χ2v) is 7.61. The highest BCUT2D eigenvalue weighted by Crippen LogP contribution is 2.41. The molecule has 1 aromatic rings. The first-order chi connectivity index (χ1) is 14.3. The van der Waals surface area contributed by atoms with E-state index in [9.17, 15) is 0 Å². The Balaban J connectivity index is 2.77. The highest BCUT2D eigenvalue weighted by atomic mass is 16.5. The topological polar surface area (TPSA) is 63.9 Å². The zero-order valence-corrected chi connectivity index (χ0v) is 18.9. The minimum absolute atomic E-state index is 0.467. The maximum absolute atomic E-state index is 7.63. The molecule has 1 rings (SSSR count). The quantitative estimate of drug-likeness (QED) is 0.186. The number of nitrogens with one attached hydrogen (secondary N) is 1. The lowest BCUT2D eigenvalue weighted by atomic mass is 10.2. The van der Waals surface area contributed by atoms with E-state index in [0.29, 0.717) is 37.0 Å². The van der Waals surface area contributed by atoms with Crippen LogP contribution in [0.25, 0.3) is 0 Å². The molecule has 0 aliphatic carbocycles. The molecule has 0 amide bonds. The second-order valence-electron chi connectivity index (χ2n) is 7.61. The van der Waals surface area contributed by atoms with E-state index in [4.69, 9.17) is 19.7 Å². The second kappa shape index (κ2) is 17.1. The normalized spacial score (nSPS) is 10.7. The highest BCUT2D eigenvalue weighted by Gasteiger charge is 2.15. The Morgan fingerprint density at radius 1 is 0.621 bits per heavy atom. The molecule has 0 radical (unpaired) electrons. The number of unbranched alkanes of at least 4 members (excludes halogenated alkanes) is 9. The molecule has 29 heavy (non-hydrogen) atoms. The molecule has 0 heterocycles. The fourth-order valence-corrected chi connectivity index (χ4v) is 3.11. The summed E-state index contributed by atoms with van der Waals surface area (Å²) >= 11 is 0. The van der Waals surface area contributed by atoms with Crippen molar-refractivity contribution in [2.45, 2.75) is 97.8 Å². The van der Waals surface area contributed by atoms with Gasteiger partial charge in [-0.05, 0) is 19.3 Å². The SMILES string of the molecule is CCCCCCOc1cc(OCCCCCC)c(N=N)c(OCCCCCC)c1. The van der Waals surface area contributed by atoms with Crippen molar-refractivity contribution in [3.63, 3.8) is 0 Å². The van der Waals surface area contributed by atoms with Gasteiger partial charge in [0, 0.05) is 12.1 Å². The summed E-state index contributed by atoms with van der Waals surface area (Å²) in [4.78, 5) is 0. The Labute approximate surface area is 178 Å². The van der Waals surface area contributed by atoms with E-state index in [1.165, 1.54) is 44.9 Å². The lowest BCUT2D eigenvalue weighted by Crippen LogP contribution is -2.03. The van der Waals surface area contributed by atoms with Crippen molar-refractivity contribution in [3.05, 3.63) is 12.1 Å². The molecule has 0 saturated heterocycles. The van der Waals surface area contributed by atoms with Crippen molar-refractivity contribution >= 4 is 5.69 Å². The van der Waals surface area contributed by atoms with Crippen molar-refractivity contribution < 1.29 is 14.2 Å². The van der Waals surface area contributed by atoms with Crippen molar-refractivity contribution in [3.8, 4) is 17.2 Å². The van der Waals surface area contributed by atoms with Gasteiger partial charge in [-0.3, -0.25) is 0 Å². The molecule has 0 saturated carbocycles. The molecule has 1 N–H and O–H groups in total. The van der Waals surface area contributed by atoms with E-state index in [-0.39, 0.29) is 0 Å². The standard InChI is InChI=1S/C24H42N2O3/c1-4-7-10-13-16-27-21-19-22(28-17-14-11-8-5-2)24(26-25)23(20-21)29-18-15-12-9-6-3/h19-20,25H,4-18H2,1-3H3. The van der Waals surface area contributed by atoms with Gasteiger partial charge in [0.15, 0.2) is 17.2 Å². The van der Waals surface area contributed by atoms with Gasteiger partial charge in [-0.25, -0.2) is 5.53 Å². The summed E-state index contributed by atoms with van der Waals surface area (Å²) in [6.45, 7) is 8.53. The van der Waals surface area contributed by atoms with E-state index >= 15 is 0 Å². The maximum Gasteiger partial charge on any atom is 0.169 e. The van der Waals surface area contributed by atoms with Crippen molar-refractivity contribution in [1.82, 2.24) is 0 Å². The highest BCUT2D eigenvalue weighted by molar-refractivity contribution is 5.64. The zero-order chi connectivity index (χ0) is 21.2. The molecule has 0 aliphatic rings. The number of hydrogen-bond donors (Lipinski definition) is 1. The predicted molar refractivity (Wildman–Crippen MR) is 120 cm³/mol. The minimum Gasteiger partial charge on any atom is -0.493 e. The summed E-state index contributed by atoms with van der Waals surface area (Å²) in [5.41, 5.74) is 8.09. The molecule has 0 atom stereocenters. The molecular weight excluding hydrogens is 364 g/mol. The number of rotatable bonds is 19. The Morgan fingerprint density at radius 3 is 1.41 bits per heavy atom. The number of benzene rings is 1. The minimum atomic E-state index is 0.467. The van der Waals surface area contributed by atoms with Crippen LogP contribution in [0.2, 0.25) is 0 Å². The van der Waals surface area contributed by atoms with Gasteiger partial charge in [0.05, 0.1) is 19.8 Å². The molecule has 0 aromatic heterocycles. The molecule has 0 bridgehead atoms. The van der Waals surface area contributed by atoms with Crippen molar-refractivity contribution in [2.24, 2.45) is 5.11 Å². The maximum atomic E-state index is 7.63. The van der Waals surface area contributed by atoms with Crippen LogP contribution < -0.4 is 14.2 Å². The molecule has 5 nitrogen and oxygen atoms in total. The molecule has 0 unspecified atom stereocenters. The summed E-state index contributed by atoms with van der Waals surface area (Å²) in [5, 5.41) is 3.71. The van der Waals surface area contributed by atoms with Crippen molar-refractivity contribution in [2.75, 3.05) is 19.8 Å². The average molecular weight is 407 g/mol. The van der Waals surface area contributed by atoms with Crippen LogP contribution in [0.1, 0.15) is 97.8 Å². The Hall–Kier alpha value is -1.78. The van der Waals surface area contributed by atoms with Gasteiger partial charge in [0.1, 0.15) is 5.75 Å². The van der Waals surface area contributed by atoms with E-state index in [1.807, 2.05) is 12.1 Å². The molecule has 1 aromatic carbocycles. The fraction of sp³-hybridized carbons (Fsp3) is 0.750. The van der Waals surface area contributed by atoms with Crippen LogP contribution in [-0.4, -0.2) is 19.8 Å². The molecule has 0 spiro atoms. The largest absolute Gasteiger partial charge is 0.493 e. The zero-order valence-electron chi connectivity index (χ0n) is 18.9. The van der Waals surface area contributed by atoms with Gasteiger partial charge in [0.2, 0.25) is 0 Å². The lowest BCUT2D eigenvalue weighted by molar-refractivity contribution is 0.277. The molecule has 0 aliphatic heterocycles. The molecule has 0 fully saturated rings. The van der Waals surface area contributed by atoms with Crippen LogP contribution in [0.4, 0.5) is 5.69 Å². The summed E-state index contributed by atoms with van der Waals surface area (Å²) in [6.07, 6.45) is 13.8. The smallest absolute Gasteiger partial charge is 0.169 e. The Morgan fingerprint density at radius 2 is 1.03 bits per heavy atom. The van der Waals surface area contributed by atoms with E-state index in [1.54, 1.807) is 0 Å². The van der Waals surface area contributed by atoms with Gasteiger partial charge < -0.3 is 14.2 Å². The third-order valence-electron chi connectivity index (χ3n) is 4.90. The summed E-state index contributed by atoms with van der Waals surface area (Å²) < 4.78 is 17.9. The summed E-state index contributed by atoms with van der Waals surface area (Å²) in [5.74, 6) is 1.92. The average Bonchev–Trinajstić information content (AvgIpc) is 2.73. The van der Waals surface area contributed by atoms with Crippen molar-refractivity contribution in [1.29, 1.82) is 5.53 Å².